The van der Waals surface area contributed by atoms with E-state index in [1.807, 2.05) is 18.2 Å². The molecule has 1 saturated carbocycles. The van der Waals surface area contributed by atoms with Gasteiger partial charge >= 0.3 is 0 Å². The molecule has 1 aromatic rings. The monoisotopic (exact) mass is 391 g/mol. The first-order valence-electron chi connectivity index (χ1n) is 10.3. The molecule has 0 bridgehead atoms. The van der Waals surface area contributed by atoms with E-state index in [1.165, 1.54) is 25.7 Å². The topological polar surface area (TPSA) is 53.6 Å². The lowest BCUT2D eigenvalue weighted by Crippen LogP contribution is -2.48. The Labute approximate surface area is 166 Å². The van der Waals surface area contributed by atoms with Gasteiger partial charge in [0.2, 0.25) is 5.91 Å². The van der Waals surface area contributed by atoms with Gasteiger partial charge in [-0.05, 0) is 36.8 Å². The Morgan fingerprint density at radius 1 is 1.26 bits per heavy atom. The molecule has 6 heteroatoms. The highest BCUT2D eigenvalue weighted by Gasteiger charge is 2.38. The van der Waals surface area contributed by atoms with Crippen molar-refractivity contribution in [1.29, 1.82) is 0 Å². The highest BCUT2D eigenvalue weighted by molar-refractivity contribution is 6.31. The summed E-state index contributed by atoms with van der Waals surface area (Å²) in [5, 5.41) is 7.55. The molecule has 5 nitrogen and oxygen atoms in total. The Morgan fingerprint density at radius 3 is 2.81 bits per heavy atom. The van der Waals surface area contributed by atoms with Crippen LogP contribution < -0.4 is 10.6 Å². The van der Waals surface area contributed by atoms with E-state index < -0.39 is 0 Å². The fourth-order valence-corrected chi connectivity index (χ4v) is 5.17. The summed E-state index contributed by atoms with van der Waals surface area (Å²) in [6, 6.07) is 8.52. The number of fused-ring (bicyclic) bond motifs is 1. The first-order chi connectivity index (χ1) is 13.2. The molecule has 3 fully saturated rings. The number of halogens is 1. The molecule has 4 rings (SSSR count). The van der Waals surface area contributed by atoms with E-state index in [2.05, 4.69) is 21.6 Å². The van der Waals surface area contributed by atoms with Crippen molar-refractivity contribution in [3.63, 3.8) is 0 Å². The molecule has 1 aliphatic carbocycles. The van der Waals surface area contributed by atoms with Crippen LogP contribution in [-0.2, 0) is 9.53 Å². The van der Waals surface area contributed by atoms with Crippen LogP contribution in [0.1, 0.15) is 43.7 Å². The van der Waals surface area contributed by atoms with Crippen LogP contribution in [0.4, 0.5) is 0 Å². The molecular weight excluding hydrogens is 362 g/mol. The zero-order valence-electron chi connectivity index (χ0n) is 15.8. The molecule has 3 aliphatic rings. The van der Waals surface area contributed by atoms with Gasteiger partial charge in [-0.2, -0.15) is 0 Å². The molecule has 27 heavy (non-hydrogen) atoms. The van der Waals surface area contributed by atoms with Crippen LogP contribution in [0, 0.1) is 5.92 Å². The molecule has 0 radical (unpaired) electrons. The third kappa shape index (κ3) is 4.48. The van der Waals surface area contributed by atoms with Crippen molar-refractivity contribution in [2.45, 2.75) is 50.2 Å². The van der Waals surface area contributed by atoms with Gasteiger partial charge in [0.25, 0.3) is 0 Å². The second-order valence-corrected chi connectivity index (χ2v) is 8.44. The van der Waals surface area contributed by atoms with Crippen LogP contribution >= 0.6 is 11.6 Å². The van der Waals surface area contributed by atoms with Crippen molar-refractivity contribution in [2.24, 2.45) is 5.92 Å². The summed E-state index contributed by atoms with van der Waals surface area (Å²) in [6.45, 7) is 3.75. The van der Waals surface area contributed by atoms with Gasteiger partial charge in [-0.3, -0.25) is 9.69 Å². The maximum absolute atomic E-state index is 12.8. The predicted octanol–water partition coefficient (Wildman–Crippen LogP) is 2.75. The SMILES string of the molecule is O=C(NCC(c1ccccc1Cl)N1CCOCC1)C1CC2CCCCC2N1. The molecule has 2 heterocycles. The zero-order valence-corrected chi connectivity index (χ0v) is 16.6. The van der Waals surface area contributed by atoms with E-state index in [1.54, 1.807) is 0 Å². The first kappa shape index (κ1) is 19.2. The number of benzene rings is 1. The summed E-state index contributed by atoms with van der Waals surface area (Å²) in [6.07, 6.45) is 6.05. The van der Waals surface area contributed by atoms with Crippen LogP contribution in [-0.4, -0.2) is 55.7 Å². The Hall–Kier alpha value is -1.14. The molecule has 2 aliphatic heterocycles. The number of carbonyl (C=O) groups is 1. The fraction of sp³-hybridized carbons (Fsp3) is 0.667. The van der Waals surface area contributed by atoms with Crippen molar-refractivity contribution in [3.8, 4) is 0 Å². The standard InChI is InChI=1S/C21H30ClN3O2/c22-17-7-3-2-6-16(17)20(25-9-11-27-12-10-25)14-23-21(26)19-13-15-5-1-4-8-18(15)24-19/h2-3,6-7,15,18-20,24H,1,4-5,8-14H2,(H,23,26). The normalized spacial score (nSPS) is 29.9. The maximum atomic E-state index is 12.8. The average Bonchev–Trinajstić information content (AvgIpc) is 3.14. The van der Waals surface area contributed by atoms with E-state index in [4.69, 9.17) is 16.3 Å². The summed E-state index contributed by atoms with van der Waals surface area (Å²) in [7, 11) is 0. The molecule has 1 aromatic carbocycles. The van der Waals surface area contributed by atoms with Gasteiger partial charge in [0.15, 0.2) is 0 Å². The molecule has 1 amide bonds. The number of ether oxygens (including phenoxy) is 1. The molecule has 4 unspecified atom stereocenters. The van der Waals surface area contributed by atoms with Crippen molar-refractivity contribution < 1.29 is 9.53 Å². The van der Waals surface area contributed by atoms with E-state index in [-0.39, 0.29) is 18.0 Å². The Kier molecular flexibility index (Phi) is 6.33. The van der Waals surface area contributed by atoms with Crippen LogP contribution in [0.2, 0.25) is 5.02 Å². The van der Waals surface area contributed by atoms with Crippen molar-refractivity contribution in [1.82, 2.24) is 15.5 Å². The van der Waals surface area contributed by atoms with Crippen molar-refractivity contribution in [2.75, 3.05) is 32.8 Å². The molecular formula is C21H30ClN3O2. The van der Waals surface area contributed by atoms with Crippen LogP contribution in [0.25, 0.3) is 0 Å². The average molecular weight is 392 g/mol. The lowest BCUT2D eigenvalue weighted by Gasteiger charge is -2.35. The minimum Gasteiger partial charge on any atom is -0.379 e. The Morgan fingerprint density at radius 2 is 2.04 bits per heavy atom. The van der Waals surface area contributed by atoms with Crippen LogP contribution in [0.15, 0.2) is 24.3 Å². The van der Waals surface area contributed by atoms with Gasteiger partial charge in [-0.1, -0.05) is 42.6 Å². The van der Waals surface area contributed by atoms with Gasteiger partial charge in [-0.25, -0.2) is 0 Å². The maximum Gasteiger partial charge on any atom is 0.237 e. The van der Waals surface area contributed by atoms with E-state index in [0.29, 0.717) is 18.5 Å². The predicted molar refractivity (Wildman–Crippen MR) is 107 cm³/mol. The molecule has 2 N–H and O–H groups in total. The highest BCUT2D eigenvalue weighted by Crippen LogP contribution is 2.33. The number of rotatable bonds is 5. The zero-order chi connectivity index (χ0) is 18.6. The second kappa shape index (κ2) is 8.91. The summed E-state index contributed by atoms with van der Waals surface area (Å²) < 4.78 is 5.51. The van der Waals surface area contributed by atoms with Gasteiger partial charge in [0, 0.05) is 30.7 Å². The largest absolute Gasteiger partial charge is 0.379 e. The molecule has 0 aromatic heterocycles. The summed E-state index contributed by atoms with van der Waals surface area (Å²) in [5.41, 5.74) is 1.08. The smallest absolute Gasteiger partial charge is 0.237 e. The first-order valence-corrected chi connectivity index (χ1v) is 10.7. The number of morpholine rings is 1. The lowest BCUT2D eigenvalue weighted by molar-refractivity contribution is -0.123. The highest BCUT2D eigenvalue weighted by atomic mass is 35.5. The summed E-state index contributed by atoms with van der Waals surface area (Å²) in [4.78, 5) is 15.2. The van der Waals surface area contributed by atoms with E-state index >= 15 is 0 Å². The quantitative estimate of drug-likeness (QED) is 0.810. The second-order valence-electron chi connectivity index (χ2n) is 8.04. The van der Waals surface area contributed by atoms with Crippen LogP contribution in [0.3, 0.4) is 0 Å². The molecule has 148 valence electrons. The third-order valence-electron chi connectivity index (χ3n) is 6.40. The van der Waals surface area contributed by atoms with Crippen molar-refractivity contribution in [3.05, 3.63) is 34.9 Å². The number of nitrogens with one attached hydrogen (secondary N) is 2. The van der Waals surface area contributed by atoms with E-state index in [0.717, 1.165) is 43.3 Å². The minimum absolute atomic E-state index is 0.0466. The number of nitrogens with zero attached hydrogens (tertiary/aromatic N) is 1. The molecule has 0 spiro atoms. The fourth-order valence-electron chi connectivity index (χ4n) is 4.91. The number of hydrogen-bond acceptors (Lipinski definition) is 4. The summed E-state index contributed by atoms with van der Waals surface area (Å²) >= 11 is 6.48. The third-order valence-corrected chi connectivity index (χ3v) is 6.74. The van der Waals surface area contributed by atoms with Gasteiger partial charge in [0.05, 0.1) is 25.3 Å². The number of carbonyl (C=O) groups excluding carboxylic acids is 1. The van der Waals surface area contributed by atoms with Crippen LogP contribution in [0.5, 0.6) is 0 Å². The minimum atomic E-state index is -0.0466. The van der Waals surface area contributed by atoms with Gasteiger partial charge in [-0.15, -0.1) is 0 Å². The summed E-state index contributed by atoms with van der Waals surface area (Å²) in [5.74, 6) is 0.808. The molecule has 2 saturated heterocycles. The number of hydrogen-bond donors (Lipinski definition) is 2. The lowest BCUT2D eigenvalue weighted by atomic mass is 9.85. The van der Waals surface area contributed by atoms with Crippen molar-refractivity contribution >= 4 is 17.5 Å². The Bertz CT molecular complexity index is 636. The van der Waals surface area contributed by atoms with E-state index in [9.17, 15) is 4.79 Å². The molecule has 4 atom stereocenters. The van der Waals surface area contributed by atoms with Gasteiger partial charge < -0.3 is 15.4 Å². The van der Waals surface area contributed by atoms with Gasteiger partial charge in [0.1, 0.15) is 0 Å². The number of amides is 1. The Balaban J connectivity index is 1.41.